The maximum Gasteiger partial charge on any atom is 0.335 e. The van der Waals surface area contributed by atoms with Gasteiger partial charge < -0.3 is 15.0 Å². The molecule has 8 nitrogen and oxygen atoms in total. The van der Waals surface area contributed by atoms with Crippen molar-refractivity contribution >= 4 is 21.9 Å². The summed E-state index contributed by atoms with van der Waals surface area (Å²) in [4.78, 5) is 27.4. The highest BCUT2D eigenvalue weighted by atomic mass is 32.2. The summed E-state index contributed by atoms with van der Waals surface area (Å²) in [5.41, 5.74) is -0.327. The van der Waals surface area contributed by atoms with E-state index in [1.54, 1.807) is 6.92 Å². The molecule has 1 spiro atoms. The minimum absolute atomic E-state index is 0.233. The fourth-order valence-electron chi connectivity index (χ4n) is 4.04. The molecule has 0 radical (unpaired) electrons. The predicted molar refractivity (Wildman–Crippen MR) is 107 cm³/mol. The topological polar surface area (TPSA) is 96.0 Å². The van der Waals surface area contributed by atoms with Crippen LogP contribution in [0.3, 0.4) is 0 Å². The van der Waals surface area contributed by atoms with Gasteiger partial charge in [0.05, 0.1) is 11.8 Å². The summed E-state index contributed by atoms with van der Waals surface area (Å²) >= 11 is 0. The molecule has 0 saturated carbocycles. The van der Waals surface area contributed by atoms with Gasteiger partial charge in [0.1, 0.15) is 5.60 Å². The molecule has 0 aromatic carbocycles. The lowest BCUT2D eigenvalue weighted by molar-refractivity contribution is -0.150. The standard InChI is InChI=1S/C19H33N3O5S/c1-5-10-21(11-6-2)14-9-20-17(23)16-15(3)18(24)27-19(16)7-12-22(13-8-19)28(4,25)26/h5-14H2,1-4H3,(H,20,23). The van der Waals surface area contributed by atoms with E-state index in [9.17, 15) is 18.0 Å². The predicted octanol–water partition coefficient (Wildman–Crippen LogP) is 0.892. The summed E-state index contributed by atoms with van der Waals surface area (Å²) < 4.78 is 30.5. The number of piperidine rings is 1. The van der Waals surface area contributed by atoms with Gasteiger partial charge in [0.25, 0.3) is 5.91 Å². The van der Waals surface area contributed by atoms with E-state index in [4.69, 9.17) is 4.74 Å². The molecule has 2 aliphatic rings. The number of rotatable bonds is 9. The SMILES string of the molecule is CCCN(CCC)CCNC(=O)C1=C(C)C(=O)OC12CCN(S(C)(=O)=O)CC2. The normalized spacial score (nSPS) is 20.1. The molecule has 9 heteroatoms. The second-order valence-corrected chi connectivity index (χ2v) is 9.63. The fourth-order valence-corrected chi connectivity index (χ4v) is 4.89. The lowest BCUT2D eigenvalue weighted by atomic mass is 9.83. The van der Waals surface area contributed by atoms with Crippen molar-refractivity contribution in [3.63, 3.8) is 0 Å². The number of nitrogens with one attached hydrogen (secondary N) is 1. The molecule has 0 unspecified atom stereocenters. The fraction of sp³-hybridized carbons (Fsp3) is 0.789. The molecule has 1 fully saturated rings. The minimum Gasteiger partial charge on any atom is -0.450 e. The Morgan fingerprint density at radius 2 is 1.75 bits per heavy atom. The van der Waals surface area contributed by atoms with Gasteiger partial charge in [-0.25, -0.2) is 17.5 Å². The van der Waals surface area contributed by atoms with E-state index < -0.39 is 21.6 Å². The van der Waals surface area contributed by atoms with Gasteiger partial charge in [-0.2, -0.15) is 0 Å². The van der Waals surface area contributed by atoms with E-state index in [-0.39, 0.29) is 19.0 Å². The molecule has 2 heterocycles. The molecule has 160 valence electrons. The number of hydrogen-bond donors (Lipinski definition) is 1. The number of carbonyl (C=O) groups excluding carboxylic acids is 2. The number of amides is 1. The smallest absolute Gasteiger partial charge is 0.335 e. The minimum atomic E-state index is -3.30. The second kappa shape index (κ2) is 9.37. The zero-order valence-electron chi connectivity index (χ0n) is 17.4. The van der Waals surface area contributed by atoms with Crippen LogP contribution < -0.4 is 5.32 Å². The Hall–Kier alpha value is -1.45. The first-order valence-corrected chi connectivity index (χ1v) is 11.9. The van der Waals surface area contributed by atoms with E-state index in [0.717, 1.165) is 32.5 Å². The lowest BCUT2D eigenvalue weighted by Gasteiger charge is -2.38. The Morgan fingerprint density at radius 3 is 2.25 bits per heavy atom. The molecular weight excluding hydrogens is 382 g/mol. The Kier molecular flexibility index (Phi) is 7.64. The molecule has 0 aromatic rings. The highest BCUT2D eigenvalue weighted by Gasteiger charge is 2.51. The van der Waals surface area contributed by atoms with Crippen molar-refractivity contribution in [3.05, 3.63) is 11.1 Å². The summed E-state index contributed by atoms with van der Waals surface area (Å²) in [5, 5.41) is 2.93. The third-order valence-corrected chi connectivity index (χ3v) is 6.75. The van der Waals surface area contributed by atoms with Crippen LogP contribution in [0.15, 0.2) is 11.1 Å². The van der Waals surface area contributed by atoms with Crippen LogP contribution in [0.5, 0.6) is 0 Å². The number of nitrogens with zero attached hydrogens (tertiary/aromatic N) is 2. The average Bonchev–Trinajstić information content (AvgIpc) is 2.84. The molecule has 0 aromatic heterocycles. The van der Waals surface area contributed by atoms with Crippen LogP contribution in [0.4, 0.5) is 0 Å². The second-order valence-electron chi connectivity index (χ2n) is 7.64. The lowest BCUT2D eigenvalue weighted by Crippen LogP contribution is -2.50. The van der Waals surface area contributed by atoms with Crippen LogP contribution in [0.25, 0.3) is 0 Å². The van der Waals surface area contributed by atoms with Crippen LogP contribution in [0, 0.1) is 0 Å². The first-order chi connectivity index (χ1) is 13.1. The molecule has 28 heavy (non-hydrogen) atoms. The van der Waals surface area contributed by atoms with E-state index in [0.29, 0.717) is 30.5 Å². The zero-order chi connectivity index (χ0) is 20.9. The van der Waals surface area contributed by atoms with Crippen molar-refractivity contribution in [1.82, 2.24) is 14.5 Å². The molecule has 0 aliphatic carbocycles. The zero-order valence-corrected chi connectivity index (χ0v) is 18.2. The molecular formula is C19H33N3O5S. The first-order valence-electron chi connectivity index (χ1n) is 10.0. The number of sulfonamides is 1. The van der Waals surface area contributed by atoms with Gasteiger partial charge in [0.15, 0.2) is 0 Å². The van der Waals surface area contributed by atoms with Gasteiger partial charge in [-0.3, -0.25) is 4.79 Å². The number of hydrogen-bond acceptors (Lipinski definition) is 6. The van der Waals surface area contributed by atoms with Gasteiger partial charge >= 0.3 is 5.97 Å². The van der Waals surface area contributed by atoms with Crippen molar-refractivity contribution in [1.29, 1.82) is 0 Å². The van der Waals surface area contributed by atoms with Crippen LogP contribution in [-0.4, -0.2) is 80.6 Å². The van der Waals surface area contributed by atoms with Gasteiger partial charge in [-0.05, 0) is 32.9 Å². The van der Waals surface area contributed by atoms with Crippen molar-refractivity contribution in [3.8, 4) is 0 Å². The van der Waals surface area contributed by atoms with E-state index in [1.807, 2.05) is 0 Å². The third-order valence-electron chi connectivity index (χ3n) is 5.44. The maximum absolute atomic E-state index is 12.9. The molecule has 2 aliphatic heterocycles. The van der Waals surface area contributed by atoms with E-state index in [2.05, 4.69) is 24.1 Å². The summed E-state index contributed by atoms with van der Waals surface area (Å²) in [6.07, 6.45) is 3.87. The number of ether oxygens (including phenoxy) is 1. The molecule has 1 N–H and O–H groups in total. The van der Waals surface area contributed by atoms with E-state index in [1.165, 1.54) is 10.6 Å². The molecule has 1 amide bonds. The van der Waals surface area contributed by atoms with Crippen molar-refractivity contribution in [2.45, 2.75) is 52.1 Å². The van der Waals surface area contributed by atoms with Crippen molar-refractivity contribution in [2.75, 3.05) is 45.5 Å². The average molecular weight is 416 g/mol. The van der Waals surface area contributed by atoms with Crippen LogP contribution in [0.2, 0.25) is 0 Å². The third kappa shape index (κ3) is 5.12. The van der Waals surface area contributed by atoms with Gasteiger partial charge in [-0.15, -0.1) is 0 Å². The first kappa shape index (κ1) is 22.8. The van der Waals surface area contributed by atoms with Gasteiger partial charge in [0.2, 0.25) is 10.0 Å². The summed E-state index contributed by atoms with van der Waals surface area (Å²) in [7, 11) is -3.30. The van der Waals surface area contributed by atoms with Crippen LogP contribution in [-0.2, 0) is 24.3 Å². The summed E-state index contributed by atoms with van der Waals surface area (Å²) in [6, 6.07) is 0. The molecule has 0 atom stereocenters. The maximum atomic E-state index is 12.9. The number of esters is 1. The quantitative estimate of drug-likeness (QED) is 0.562. The van der Waals surface area contributed by atoms with Crippen LogP contribution in [0.1, 0.15) is 46.5 Å². The highest BCUT2D eigenvalue weighted by molar-refractivity contribution is 7.88. The van der Waals surface area contributed by atoms with Gasteiger partial charge in [0, 0.05) is 44.6 Å². The largest absolute Gasteiger partial charge is 0.450 e. The van der Waals surface area contributed by atoms with Crippen LogP contribution >= 0.6 is 0 Å². The van der Waals surface area contributed by atoms with E-state index >= 15 is 0 Å². The summed E-state index contributed by atoms with van der Waals surface area (Å²) in [5.74, 6) is -0.777. The molecule has 1 saturated heterocycles. The monoisotopic (exact) mass is 415 g/mol. The molecule has 0 bridgehead atoms. The Balaban J connectivity index is 2.05. The summed E-state index contributed by atoms with van der Waals surface area (Å²) in [6.45, 7) is 9.55. The Morgan fingerprint density at radius 1 is 1.18 bits per heavy atom. The molecule has 2 rings (SSSR count). The van der Waals surface area contributed by atoms with Crippen molar-refractivity contribution in [2.24, 2.45) is 0 Å². The Labute approximate surface area is 168 Å². The highest BCUT2D eigenvalue weighted by Crippen LogP contribution is 2.41. The van der Waals surface area contributed by atoms with Crippen molar-refractivity contribution < 1.29 is 22.7 Å². The van der Waals surface area contributed by atoms with Gasteiger partial charge in [-0.1, -0.05) is 13.8 Å². The Bertz CT molecular complexity index is 718. The number of carbonyl (C=O) groups is 2.